The highest BCUT2D eigenvalue weighted by Crippen LogP contribution is 2.36. The Morgan fingerprint density at radius 3 is 2.36 bits per heavy atom. The third kappa shape index (κ3) is 10.3. The van der Waals surface area contributed by atoms with Gasteiger partial charge in [0.15, 0.2) is 4.34 Å². The molecule has 0 bridgehead atoms. The number of halogens is 1. The van der Waals surface area contributed by atoms with Crippen molar-refractivity contribution in [1.82, 2.24) is 4.98 Å². The van der Waals surface area contributed by atoms with Gasteiger partial charge in [-0.3, -0.25) is 4.79 Å². The van der Waals surface area contributed by atoms with E-state index >= 15 is 0 Å². The molecule has 33 heavy (non-hydrogen) atoms. The van der Waals surface area contributed by atoms with Crippen molar-refractivity contribution in [2.75, 3.05) is 18.0 Å². The number of hydrogen-bond donors (Lipinski definition) is 0. The van der Waals surface area contributed by atoms with Gasteiger partial charge >= 0.3 is 5.97 Å². The molecule has 0 saturated heterocycles. The number of rotatable bonds is 13. The van der Waals surface area contributed by atoms with Gasteiger partial charge in [0.05, 0.1) is 5.69 Å². The minimum atomic E-state index is -0.684. The van der Waals surface area contributed by atoms with Crippen molar-refractivity contribution in [2.24, 2.45) is 0 Å². The van der Waals surface area contributed by atoms with E-state index in [1.807, 2.05) is 46.8 Å². The fraction of sp³-hybridized carbons (Fsp3) is 0.615. The minimum Gasteiger partial charge on any atom is -0.459 e. The maximum Gasteiger partial charge on any atom is 0.322 e. The molecule has 2 rings (SSSR count). The molecule has 4 nitrogen and oxygen atoms in total. The standard InChI is InChI=1S/C26H39ClN2O2S2/c1-7-8-9-10-11-17-29(22-14-12-20(27)13-15-22)18-16-21-19-32-24(28-21)33-26(5,6)23(30)31-25(2,3)4/h12-15,19H,7-11,16-18H2,1-6H3. The van der Waals surface area contributed by atoms with Crippen LogP contribution in [0.25, 0.3) is 0 Å². The Hall–Kier alpha value is -1.24. The van der Waals surface area contributed by atoms with Crippen LogP contribution in [0.4, 0.5) is 5.69 Å². The summed E-state index contributed by atoms with van der Waals surface area (Å²) < 4.78 is 5.80. The zero-order chi connectivity index (χ0) is 24.5. The first-order valence-corrected chi connectivity index (χ1v) is 13.9. The molecule has 1 heterocycles. The Morgan fingerprint density at radius 1 is 1.06 bits per heavy atom. The van der Waals surface area contributed by atoms with Crippen LogP contribution in [0.5, 0.6) is 0 Å². The predicted molar refractivity (Wildman–Crippen MR) is 144 cm³/mol. The monoisotopic (exact) mass is 510 g/mol. The molecule has 0 aliphatic carbocycles. The first-order valence-electron chi connectivity index (χ1n) is 11.9. The number of thioether (sulfide) groups is 1. The van der Waals surface area contributed by atoms with Crippen LogP contribution in [0.2, 0.25) is 5.02 Å². The van der Waals surface area contributed by atoms with Crippen LogP contribution in [0, 0.1) is 0 Å². The van der Waals surface area contributed by atoms with Crippen LogP contribution in [0.3, 0.4) is 0 Å². The molecule has 1 aromatic carbocycles. The highest BCUT2D eigenvalue weighted by molar-refractivity contribution is 8.03. The molecule has 0 saturated carbocycles. The van der Waals surface area contributed by atoms with Gasteiger partial charge in [-0.05, 0) is 65.3 Å². The minimum absolute atomic E-state index is 0.214. The molecule has 1 aromatic heterocycles. The second-order valence-electron chi connectivity index (χ2n) is 9.85. The predicted octanol–water partition coefficient (Wildman–Crippen LogP) is 8.03. The van der Waals surface area contributed by atoms with Gasteiger partial charge in [0.1, 0.15) is 10.3 Å². The Balaban J connectivity index is 1.97. The van der Waals surface area contributed by atoms with E-state index in [9.17, 15) is 4.79 Å². The van der Waals surface area contributed by atoms with Crippen molar-refractivity contribution in [3.8, 4) is 0 Å². The van der Waals surface area contributed by atoms with Gasteiger partial charge in [0, 0.05) is 35.6 Å². The largest absolute Gasteiger partial charge is 0.459 e. The lowest BCUT2D eigenvalue weighted by Crippen LogP contribution is -2.36. The van der Waals surface area contributed by atoms with Gasteiger partial charge < -0.3 is 9.64 Å². The average molecular weight is 511 g/mol. The molecular weight excluding hydrogens is 472 g/mol. The number of esters is 1. The van der Waals surface area contributed by atoms with Crippen LogP contribution in [-0.2, 0) is 16.0 Å². The lowest BCUT2D eigenvalue weighted by atomic mass is 10.1. The van der Waals surface area contributed by atoms with E-state index in [4.69, 9.17) is 21.3 Å². The summed E-state index contributed by atoms with van der Waals surface area (Å²) in [6, 6.07) is 8.11. The second-order valence-corrected chi connectivity index (χ2v) is 13.0. The molecule has 0 atom stereocenters. The smallest absolute Gasteiger partial charge is 0.322 e. The van der Waals surface area contributed by atoms with Crippen molar-refractivity contribution in [1.29, 1.82) is 0 Å². The Bertz CT molecular complexity index is 860. The van der Waals surface area contributed by atoms with Crippen LogP contribution in [0.15, 0.2) is 34.0 Å². The number of carbonyl (C=O) groups is 1. The number of carbonyl (C=O) groups excluding carboxylic acids is 1. The number of aromatic nitrogens is 1. The molecule has 0 amide bonds. The highest BCUT2D eigenvalue weighted by Gasteiger charge is 2.34. The van der Waals surface area contributed by atoms with Crippen LogP contribution >= 0.6 is 34.7 Å². The molecule has 0 aliphatic heterocycles. The third-order valence-electron chi connectivity index (χ3n) is 5.12. The number of anilines is 1. The van der Waals surface area contributed by atoms with Crippen molar-refractivity contribution in [2.45, 2.75) is 94.8 Å². The van der Waals surface area contributed by atoms with E-state index in [0.29, 0.717) is 0 Å². The number of thiazole rings is 1. The number of benzene rings is 1. The van der Waals surface area contributed by atoms with Gasteiger partial charge in [-0.2, -0.15) is 0 Å². The quantitative estimate of drug-likeness (QED) is 0.155. The summed E-state index contributed by atoms with van der Waals surface area (Å²) in [5.41, 5.74) is 1.77. The molecule has 0 N–H and O–H groups in total. The molecule has 0 aliphatic rings. The van der Waals surface area contributed by atoms with E-state index < -0.39 is 10.3 Å². The molecule has 0 unspecified atom stereocenters. The van der Waals surface area contributed by atoms with E-state index in [1.165, 1.54) is 49.6 Å². The summed E-state index contributed by atoms with van der Waals surface area (Å²) in [4.78, 5) is 19.8. The molecule has 2 aromatic rings. The maximum absolute atomic E-state index is 12.6. The summed E-state index contributed by atoms with van der Waals surface area (Å²) in [7, 11) is 0. The number of hydrogen-bond acceptors (Lipinski definition) is 6. The SMILES string of the molecule is CCCCCCCN(CCc1csc(SC(C)(C)C(=O)OC(C)(C)C)n1)c1ccc(Cl)cc1. The van der Waals surface area contributed by atoms with Crippen molar-refractivity contribution in [3.05, 3.63) is 40.4 Å². The maximum atomic E-state index is 12.6. The van der Waals surface area contributed by atoms with Crippen LogP contribution in [0.1, 0.15) is 79.3 Å². The van der Waals surface area contributed by atoms with Crippen LogP contribution in [-0.4, -0.2) is 34.4 Å². The first kappa shape index (κ1) is 28.0. The Kier molecular flexibility index (Phi) is 11.0. The fourth-order valence-corrected chi connectivity index (χ4v) is 5.68. The molecular formula is C26H39ClN2O2S2. The zero-order valence-electron chi connectivity index (χ0n) is 20.9. The van der Waals surface area contributed by atoms with Crippen LogP contribution < -0.4 is 4.90 Å². The third-order valence-corrected chi connectivity index (χ3v) is 7.54. The Labute approximate surface area is 213 Å². The molecule has 184 valence electrons. The summed E-state index contributed by atoms with van der Waals surface area (Å²) in [6.07, 6.45) is 7.17. The normalized spacial score (nSPS) is 12.1. The average Bonchev–Trinajstić information content (AvgIpc) is 3.16. The van der Waals surface area contributed by atoms with Crippen molar-refractivity contribution in [3.63, 3.8) is 0 Å². The number of unbranched alkanes of at least 4 members (excludes halogenated alkanes) is 4. The first-order chi connectivity index (χ1) is 15.5. The van der Waals surface area contributed by atoms with Gasteiger partial charge in [-0.25, -0.2) is 4.98 Å². The topological polar surface area (TPSA) is 42.4 Å². The second kappa shape index (κ2) is 13.0. The van der Waals surface area contributed by atoms with Gasteiger partial charge in [0.2, 0.25) is 0 Å². The van der Waals surface area contributed by atoms with Gasteiger partial charge in [-0.1, -0.05) is 56.0 Å². The number of ether oxygens (including phenoxy) is 1. The summed E-state index contributed by atoms with van der Waals surface area (Å²) in [6.45, 7) is 13.6. The lowest BCUT2D eigenvalue weighted by molar-refractivity contribution is -0.156. The number of nitrogens with zero attached hydrogens (tertiary/aromatic N) is 2. The highest BCUT2D eigenvalue weighted by atomic mass is 35.5. The fourth-order valence-electron chi connectivity index (χ4n) is 3.29. The summed E-state index contributed by atoms with van der Waals surface area (Å²) in [5.74, 6) is -0.214. The molecule has 7 heteroatoms. The molecule has 0 radical (unpaired) electrons. The van der Waals surface area contributed by atoms with E-state index in [0.717, 1.165) is 34.6 Å². The Morgan fingerprint density at radius 2 is 1.73 bits per heavy atom. The summed E-state index contributed by atoms with van der Waals surface area (Å²) in [5, 5.41) is 2.87. The molecule has 0 fully saturated rings. The van der Waals surface area contributed by atoms with Gasteiger partial charge in [0.25, 0.3) is 0 Å². The van der Waals surface area contributed by atoms with Crippen molar-refractivity contribution < 1.29 is 9.53 Å². The zero-order valence-corrected chi connectivity index (χ0v) is 23.3. The summed E-state index contributed by atoms with van der Waals surface area (Å²) >= 11 is 9.17. The van der Waals surface area contributed by atoms with E-state index in [1.54, 1.807) is 11.3 Å². The molecule has 0 spiro atoms. The van der Waals surface area contributed by atoms with Crippen molar-refractivity contribution >= 4 is 46.4 Å². The van der Waals surface area contributed by atoms with E-state index in [2.05, 4.69) is 29.3 Å². The lowest BCUT2D eigenvalue weighted by Gasteiger charge is -2.27. The van der Waals surface area contributed by atoms with Gasteiger partial charge in [-0.15, -0.1) is 11.3 Å². The van der Waals surface area contributed by atoms with E-state index in [-0.39, 0.29) is 5.97 Å².